The molecule has 0 fully saturated rings. The summed E-state index contributed by atoms with van der Waals surface area (Å²) in [5.74, 6) is -0.402. The summed E-state index contributed by atoms with van der Waals surface area (Å²) in [4.78, 5) is 26.4. The molecule has 0 aliphatic heterocycles. The van der Waals surface area contributed by atoms with Gasteiger partial charge in [0, 0.05) is 29.5 Å². The first-order valence-electron chi connectivity index (χ1n) is 5.78. The smallest absolute Gasteiger partial charge is 0.257 e. The second kappa shape index (κ2) is 5.71. The number of carbonyl (C=O) groups is 1. The SMILES string of the molecule is Cc1cc(=O)c(C(=O)NCc2cccc(Cl)c2)c[nH]1. The lowest BCUT2D eigenvalue weighted by Crippen LogP contribution is -2.28. The topological polar surface area (TPSA) is 62.0 Å². The van der Waals surface area contributed by atoms with Crippen LogP contribution in [0.4, 0.5) is 0 Å². The maximum absolute atomic E-state index is 11.9. The summed E-state index contributed by atoms with van der Waals surface area (Å²) in [5, 5.41) is 3.30. The molecular formula is C14H13ClN2O2. The Labute approximate surface area is 115 Å². The number of nitrogens with one attached hydrogen (secondary N) is 2. The third-order valence-corrected chi connectivity index (χ3v) is 2.88. The van der Waals surface area contributed by atoms with E-state index >= 15 is 0 Å². The number of carbonyl (C=O) groups excluding carboxylic acids is 1. The summed E-state index contributed by atoms with van der Waals surface area (Å²) in [6.07, 6.45) is 1.42. The van der Waals surface area contributed by atoms with Gasteiger partial charge in [0.2, 0.25) is 0 Å². The number of pyridine rings is 1. The van der Waals surface area contributed by atoms with Crippen molar-refractivity contribution in [1.29, 1.82) is 0 Å². The zero-order valence-corrected chi connectivity index (χ0v) is 11.1. The highest BCUT2D eigenvalue weighted by molar-refractivity contribution is 6.30. The summed E-state index contributed by atoms with van der Waals surface area (Å²) in [6, 6.07) is 8.58. The van der Waals surface area contributed by atoms with Crippen LogP contribution in [0.15, 0.2) is 41.3 Å². The number of hydrogen-bond acceptors (Lipinski definition) is 2. The maximum atomic E-state index is 11.9. The largest absolute Gasteiger partial charge is 0.364 e. The molecule has 0 saturated carbocycles. The van der Waals surface area contributed by atoms with Crippen molar-refractivity contribution in [1.82, 2.24) is 10.3 Å². The first-order valence-corrected chi connectivity index (χ1v) is 6.16. The van der Waals surface area contributed by atoms with E-state index in [9.17, 15) is 9.59 Å². The number of aryl methyl sites for hydroxylation is 1. The van der Waals surface area contributed by atoms with Crippen LogP contribution >= 0.6 is 11.6 Å². The van der Waals surface area contributed by atoms with Crippen LogP contribution in [0.25, 0.3) is 0 Å². The van der Waals surface area contributed by atoms with Gasteiger partial charge in [0.1, 0.15) is 5.56 Å². The Bertz CT molecular complexity index is 664. The van der Waals surface area contributed by atoms with E-state index in [0.717, 1.165) is 11.3 Å². The minimum atomic E-state index is -0.402. The summed E-state index contributed by atoms with van der Waals surface area (Å²) < 4.78 is 0. The molecule has 2 rings (SSSR count). The number of aromatic amines is 1. The first kappa shape index (κ1) is 13.4. The zero-order chi connectivity index (χ0) is 13.8. The van der Waals surface area contributed by atoms with Crippen LogP contribution in [0.2, 0.25) is 5.02 Å². The Morgan fingerprint density at radius 1 is 1.37 bits per heavy atom. The van der Waals surface area contributed by atoms with Gasteiger partial charge in [0.15, 0.2) is 5.43 Å². The molecule has 19 heavy (non-hydrogen) atoms. The predicted molar refractivity (Wildman–Crippen MR) is 74.4 cm³/mol. The van der Waals surface area contributed by atoms with Crippen molar-refractivity contribution in [3.05, 3.63) is 68.6 Å². The van der Waals surface area contributed by atoms with Gasteiger partial charge in [0.05, 0.1) is 0 Å². The van der Waals surface area contributed by atoms with E-state index in [-0.39, 0.29) is 11.0 Å². The highest BCUT2D eigenvalue weighted by atomic mass is 35.5. The Morgan fingerprint density at radius 3 is 2.84 bits per heavy atom. The van der Waals surface area contributed by atoms with Crippen molar-refractivity contribution in [2.45, 2.75) is 13.5 Å². The minimum Gasteiger partial charge on any atom is -0.364 e. The van der Waals surface area contributed by atoms with Crippen molar-refractivity contribution in [3.63, 3.8) is 0 Å². The predicted octanol–water partition coefficient (Wildman–Crippen LogP) is 2.27. The fourth-order valence-electron chi connectivity index (χ4n) is 1.68. The van der Waals surface area contributed by atoms with E-state index in [1.807, 2.05) is 12.1 Å². The molecule has 0 unspecified atom stereocenters. The number of benzene rings is 1. The van der Waals surface area contributed by atoms with Gasteiger partial charge in [-0.2, -0.15) is 0 Å². The van der Waals surface area contributed by atoms with Crippen LogP contribution in [0.1, 0.15) is 21.6 Å². The molecule has 1 aromatic carbocycles. The lowest BCUT2D eigenvalue weighted by atomic mass is 10.2. The van der Waals surface area contributed by atoms with Crippen molar-refractivity contribution in [2.24, 2.45) is 0 Å². The van der Waals surface area contributed by atoms with E-state index in [1.54, 1.807) is 19.1 Å². The number of halogens is 1. The minimum absolute atomic E-state index is 0.104. The summed E-state index contributed by atoms with van der Waals surface area (Å²) in [6.45, 7) is 2.09. The lowest BCUT2D eigenvalue weighted by molar-refractivity contribution is 0.0949. The average Bonchev–Trinajstić information content (AvgIpc) is 2.36. The third-order valence-electron chi connectivity index (χ3n) is 2.64. The lowest BCUT2D eigenvalue weighted by Gasteiger charge is -2.05. The van der Waals surface area contributed by atoms with E-state index < -0.39 is 5.91 Å². The van der Waals surface area contributed by atoms with Crippen molar-refractivity contribution in [2.75, 3.05) is 0 Å². The number of aromatic nitrogens is 1. The quantitative estimate of drug-likeness (QED) is 0.903. The average molecular weight is 277 g/mol. The summed E-state index contributed by atoms with van der Waals surface area (Å²) >= 11 is 5.85. The van der Waals surface area contributed by atoms with Gasteiger partial charge in [-0.05, 0) is 24.6 Å². The molecule has 0 bridgehead atoms. The van der Waals surface area contributed by atoms with Crippen LogP contribution in [0.5, 0.6) is 0 Å². The molecule has 0 aliphatic carbocycles. The molecule has 0 atom stereocenters. The van der Waals surface area contributed by atoms with Gasteiger partial charge in [0.25, 0.3) is 5.91 Å². The Hall–Kier alpha value is -2.07. The van der Waals surface area contributed by atoms with Gasteiger partial charge in [-0.1, -0.05) is 23.7 Å². The molecule has 1 heterocycles. The summed E-state index contributed by atoms with van der Waals surface area (Å²) in [5.41, 5.74) is 1.41. The molecular weight excluding hydrogens is 264 g/mol. The van der Waals surface area contributed by atoms with E-state index in [4.69, 9.17) is 11.6 Å². The fraction of sp³-hybridized carbons (Fsp3) is 0.143. The normalized spacial score (nSPS) is 10.2. The molecule has 1 aromatic heterocycles. The number of hydrogen-bond donors (Lipinski definition) is 2. The number of amides is 1. The summed E-state index contributed by atoms with van der Waals surface area (Å²) in [7, 11) is 0. The van der Waals surface area contributed by atoms with Crippen LogP contribution in [0, 0.1) is 6.92 Å². The maximum Gasteiger partial charge on any atom is 0.257 e. The fourth-order valence-corrected chi connectivity index (χ4v) is 1.89. The van der Waals surface area contributed by atoms with E-state index in [1.165, 1.54) is 12.3 Å². The molecule has 1 amide bonds. The van der Waals surface area contributed by atoms with Crippen LogP contribution in [-0.2, 0) is 6.54 Å². The third kappa shape index (κ3) is 3.45. The second-order valence-electron chi connectivity index (χ2n) is 4.21. The van der Waals surface area contributed by atoms with Crippen LogP contribution < -0.4 is 10.7 Å². The molecule has 0 saturated heterocycles. The van der Waals surface area contributed by atoms with Crippen LogP contribution in [0.3, 0.4) is 0 Å². The van der Waals surface area contributed by atoms with Gasteiger partial charge >= 0.3 is 0 Å². The van der Waals surface area contributed by atoms with Crippen LogP contribution in [-0.4, -0.2) is 10.9 Å². The Kier molecular flexibility index (Phi) is 4.02. The van der Waals surface area contributed by atoms with Gasteiger partial charge in [-0.3, -0.25) is 9.59 Å². The first-order chi connectivity index (χ1) is 9.06. The molecule has 0 radical (unpaired) electrons. The molecule has 2 N–H and O–H groups in total. The molecule has 2 aromatic rings. The number of H-pyrrole nitrogens is 1. The van der Waals surface area contributed by atoms with E-state index in [0.29, 0.717) is 11.6 Å². The van der Waals surface area contributed by atoms with Gasteiger partial charge < -0.3 is 10.3 Å². The number of rotatable bonds is 3. The standard InChI is InChI=1S/C14H13ClN2O2/c1-9-5-13(18)12(8-16-9)14(19)17-7-10-3-2-4-11(15)6-10/h2-6,8H,7H2,1H3,(H,16,18)(H,17,19). The van der Waals surface area contributed by atoms with Crippen molar-refractivity contribution in [3.8, 4) is 0 Å². The zero-order valence-electron chi connectivity index (χ0n) is 10.4. The highest BCUT2D eigenvalue weighted by Crippen LogP contribution is 2.10. The Balaban J connectivity index is 2.07. The van der Waals surface area contributed by atoms with Gasteiger partial charge in [-0.25, -0.2) is 0 Å². The highest BCUT2D eigenvalue weighted by Gasteiger charge is 2.09. The molecule has 4 nitrogen and oxygen atoms in total. The molecule has 0 aliphatic rings. The van der Waals surface area contributed by atoms with Crippen molar-refractivity contribution >= 4 is 17.5 Å². The molecule has 0 spiro atoms. The van der Waals surface area contributed by atoms with E-state index in [2.05, 4.69) is 10.3 Å². The monoisotopic (exact) mass is 276 g/mol. The van der Waals surface area contributed by atoms with Crippen molar-refractivity contribution < 1.29 is 4.79 Å². The molecule has 5 heteroatoms. The van der Waals surface area contributed by atoms with Gasteiger partial charge in [-0.15, -0.1) is 0 Å². The Morgan fingerprint density at radius 2 is 2.16 bits per heavy atom. The second-order valence-corrected chi connectivity index (χ2v) is 4.64. The molecule has 98 valence electrons.